The van der Waals surface area contributed by atoms with Gasteiger partial charge in [0.25, 0.3) is 0 Å². The highest BCUT2D eigenvalue weighted by Gasteiger charge is 2.03. The highest BCUT2D eigenvalue weighted by molar-refractivity contribution is 5.30. The van der Waals surface area contributed by atoms with Crippen LogP contribution in [0, 0.1) is 12.7 Å². The monoisotopic (exact) mass is 210 g/mol. The smallest absolute Gasteiger partial charge is 0.165 e. The minimum Gasteiger partial charge on any atom is -0.489 e. The lowest BCUT2D eigenvalue weighted by Crippen LogP contribution is -2.23. The second-order valence-corrected chi connectivity index (χ2v) is 3.51. The normalized spacial score (nSPS) is 10.7. The summed E-state index contributed by atoms with van der Waals surface area (Å²) in [6, 6.07) is 4.73. The zero-order valence-corrected chi connectivity index (χ0v) is 9.29. The molecule has 0 atom stereocenters. The summed E-state index contributed by atoms with van der Waals surface area (Å²) in [6.07, 6.45) is 0. The third kappa shape index (κ3) is 3.88. The summed E-state index contributed by atoms with van der Waals surface area (Å²) < 4.78 is 18.6. The van der Waals surface area contributed by atoms with Gasteiger partial charge in [0.15, 0.2) is 11.6 Å². The molecule has 0 fully saturated rings. The first-order chi connectivity index (χ1) is 7.13. The molecule has 0 amide bonds. The third-order valence-electron chi connectivity index (χ3n) is 2.27. The number of likely N-dealkylation sites (N-methyl/N-ethyl adjacent to an activating group) is 1. The van der Waals surface area contributed by atoms with E-state index in [1.165, 1.54) is 6.07 Å². The molecule has 0 heterocycles. The van der Waals surface area contributed by atoms with E-state index in [0.29, 0.717) is 17.9 Å². The van der Waals surface area contributed by atoms with Crippen molar-refractivity contribution in [2.24, 2.45) is 0 Å². The number of benzene rings is 1. The summed E-state index contributed by atoms with van der Waals surface area (Å²) in [4.78, 5) is 2.10. The van der Waals surface area contributed by atoms with Crippen LogP contribution in [-0.4, -0.2) is 31.6 Å². The molecule has 0 aliphatic carbocycles. The van der Waals surface area contributed by atoms with Gasteiger partial charge in [0.2, 0.25) is 0 Å². The molecule has 0 aliphatic rings. The minimum absolute atomic E-state index is 0.298. The van der Waals surface area contributed by atoms with Gasteiger partial charge in [-0.15, -0.1) is 0 Å². The van der Waals surface area contributed by atoms with Crippen LogP contribution < -0.4 is 4.74 Å². The van der Waals surface area contributed by atoms with Crippen molar-refractivity contribution >= 4 is 0 Å². The standard InChI is InChI=1S/C12H17FNO/c1-4-14(3)7-8-15-12-6-5-10(2)9-11(12)13/h5-6,9H,2,4,7-8H2,1,3H3. The van der Waals surface area contributed by atoms with Crippen LogP contribution in [0.15, 0.2) is 18.2 Å². The van der Waals surface area contributed by atoms with E-state index >= 15 is 0 Å². The van der Waals surface area contributed by atoms with Crippen LogP contribution in [0.5, 0.6) is 5.75 Å². The SMILES string of the molecule is [CH2]c1ccc(OCCN(C)CC)c(F)c1. The summed E-state index contributed by atoms with van der Waals surface area (Å²) in [6.45, 7) is 7.96. The second-order valence-electron chi connectivity index (χ2n) is 3.51. The van der Waals surface area contributed by atoms with Crippen LogP contribution in [0.3, 0.4) is 0 Å². The molecule has 0 saturated carbocycles. The maximum Gasteiger partial charge on any atom is 0.165 e. The maximum atomic E-state index is 13.3. The van der Waals surface area contributed by atoms with Crippen molar-refractivity contribution in [3.8, 4) is 5.75 Å². The lowest BCUT2D eigenvalue weighted by molar-refractivity contribution is 0.236. The van der Waals surface area contributed by atoms with Gasteiger partial charge in [0.1, 0.15) is 6.61 Å². The first-order valence-electron chi connectivity index (χ1n) is 5.06. The van der Waals surface area contributed by atoms with Gasteiger partial charge >= 0.3 is 0 Å². The summed E-state index contributed by atoms with van der Waals surface area (Å²) in [5.41, 5.74) is 0.658. The predicted molar refractivity (Wildman–Crippen MR) is 59.5 cm³/mol. The lowest BCUT2D eigenvalue weighted by atomic mass is 10.2. The molecule has 83 valence electrons. The number of nitrogens with zero attached hydrogens (tertiary/aromatic N) is 1. The molecule has 0 aromatic heterocycles. The van der Waals surface area contributed by atoms with E-state index in [0.717, 1.165) is 13.1 Å². The Hall–Kier alpha value is -1.09. The Bertz CT molecular complexity index is 314. The second kappa shape index (κ2) is 5.71. The molecule has 0 unspecified atom stereocenters. The van der Waals surface area contributed by atoms with Gasteiger partial charge in [-0.25, -0.2) is 4.39 Å². The molecular formula is C12H17FNO. The summed E-state index contributed by atoms with van der Waals surface area (Å²) in [5, 5.41) is 0. The van der Waals surface area contributed by atoms with Crippen molar-refractivity contribution in [2.75, 3.05) is 26.7 Å². The zero-order chi connectivity index (χ0) is 11.3. The molecule has 0 saturated heterocycles. The number of halogens is 1. The molecule has 1 aromatic rings. The van der Waals surface area contributed by atoms with Gasteiger partial charge in [-0.3, -0.25) is 0 Å². The van der Waals surface area contributed by atoms with E-state index in [9.17, 15) is 4.39 Å². The Labute approximate surface area is 90.7 Å². The van der Waals surface area contributed by atoms with Crippen molar-refractivity contribution in [1.82, 2.24) is 4.90 Å². The molecule has 1 aromatic carbocycles. The van der Waals surface area contributed by atoms with Crippen molar-refractivity contribution in [3.05, 3.63) is 36.5 Å². The van der Waals surface area contributed by atoms with E-state index in [2.05, 4.69) is 18.7 Å². The third-order valence-corrected chi connectivity index (χ3v) is 2.27. The summed E-state index contributed by atoms with van der Waals surface area (Å²) >= 11 is 0. The molecule has 0 aliphatic heterocycles. The van der Waals surface area contributed by atoms with E-state index in [1.807, 2.05) is 7.05 Å². The highest BCUT2D eigenvalue weighted by atomic mass is 19.1. The molecule has 2 nitrogen and oxygen atoms in total. The number of ether oxygens (including phenoxy) is 1. The molecular weight excluding hydrogens is 193 g/mol. The first-order valence-corrected chi connectivity index (χ1v) is 5.06. The molecule has 1 rings (SSSR count). The predicted octanol–water partition coefficient (Wildman–Crippen LogP) is 2.34. The van der Waals surface area contributed by atoms with Crippen molar-refractivity contribution in [1.29, 1.82) is 0 Å². The molecule has 3 heteroatoms. The Morgan fingerprint density at radius 2 is 2.20 bits per heavy atom. The van der Waals surface area contributed by atoms with Crippen LogP contribution in [-0.2, 0) is 0 Å². The Kier molecular flexibility index (Phi) is 4.56. The first kappa shape index (κ1) is 12.0. The van der Waals surface area contributed by atoms with E-state index in [-0.39, 0.29) is 5.82 Å². The fourth-order valence-electron chi connectivity index (χ4n) is 1.13. The highest BCUT2D eigenvalue weighted by Crippen LogP contribution is 2.17. The Morgan fingerprint density at radius 3 is 2.80 bits per heavy atom. The minimum atomic E-state index is -0.346. The van der Waals surface area contributed by atoms with E-state index in [1.54, 1.807) is 12.1 Å². The van der Waals surface area contributed by atoms with Crippen molar-refractivity contribution < 1.29 is 9.13 Å². The molecule has 1 radical (unpaired) electrons. The van der Waals surface area contributed by atoms with Crippen LogP contribution in [0.4, 0.5) is 4.39 Å². The van der Waals surface area contributed by atoms with Gasteiger partial charge in [0.05, 0.1) is 0 Å². The Morgan fingerprint density at radius 1 is 1.47 bits per heavy atom. The van der Waals surface area contributed by atoms with Gasteiger partial charge in [-0.2, -0.15) is 0 Å². The largest absolute Gasteiger partial charge is 0.489 e. The number of hydrogen-bond acceptors (Lipinski definition) is 2. The van der Waals surface area contributed by atoms with Crippen LogP contribution in [0.25, 0.3) is 0 Å². The fourth-order valence-corrected chi connectivity index (χ4v) is 1.13. The molecule has 0 spiro atoms. The quantitative estimate of drug-likeness (QED) is 0.739. The lowest BCUT2D eigenvalue weighted by Gasteiger charge is -2.14. The van der Waals surface area contributed by atoms with Crippen molar-refractivity contribution in [3.63, 3.8) is 0 Å². The number of rotatable bonds is 5. The number of hydrogen-bond donors (Lipinski definition) is 0. The van der Waals surface area contributed by atoms with Crippen LogP contribution in [0.1, 0.15) is 12.5 Å². The molecule has 0 N–H and O–H groups in total. The average Bonchev–Trinajstić information content (AvgIpc) is 2.21. The van der Waals surface area contributed by atoms with E-state index < -0.39 is 0 Å². The van der Waals surface area contributed by atoms with Gasteiger partial charge in [0, 0.05) is 6.54 Å². The van der Waals surface area contributed by atoms with E-state index in [4.69, 9.17) is 4.74 Å². The maximum absolute atomic E-state index is 13.3. The molecule has 15 heavy (non-hydrogen) atoms. The molecule has 0 bridgehead atoms. The van der Waals surface area contributed by atoms with Crippen molar-refractivity contribution in [2.45, 2.75) is 6.92 Å². The average molecular weight is 210 g/mol. The summed E-state index contributed by atoms with van der Waals surface area (Å²) in [5.74, 6) is -0.0476. The van der Waals surface area contributed by atoms with Gasteiger partial charge in [-0.1, -0.05) is 13.0 Å². The summed E-state index contributed by atoms with van der Waals surface area (Å²) in [7, 11) is 2.00. The van der Waals surface area contributed by atoms with Gasteiger partial charge in [-0.05, 0) is 38.2 Å². The van der Waals surface area contributed by atoms with Gasteiger partial charge < -0.3 is 9.64 Å². The fraction of sp³-hybridized carbons (Fsp3) is 0.417. The van der Waals surface area contributed by atoms with Crippen LogP contribution >= 0.6 is 0 Å². The topological polar surface area (TPSA) is 12.5 Å². The zero-order valence-electron chi connectivity index (χ0n) is 9.29. The van der Waals surface area contributed by atoms with Crippen LogP contribution in [0.2, 0.25) is 0 Å². The Balaban J connectivity index is 2.44.